The Morgan fingerprint density at radius 3 is 2.78 bits per heavy atom. The van der Waals surface area contributed by atoms with Crippen molar-refractivity contribution in [3.05, 3.63) is 60.0 Å². The van der Waals surface area contributed by atoms with Crippen molar-refractivity contribution >= 4 is 28.3 Å². The molecule has 0 spiro atoms. The van der Waals surface area contributed by atoms with Crippen molar-refractivity contribution in [2.75, 3.05) is 12.4 Å². The van der Waals surface area contributed by atoms with E-state index < -0.39 is 17.5 Å². The average Bonchev–Trinajstić information content (AvgIpc) is 2.97. The maximum absolute atomic E-state index is 13.2. The molecule has 0 atom stereocenters. The number of H-pyrrole nitrogens is 1. The minimum Gasteiger partial charge on any atom is -0.497 e. The van der Waals surface area contributed by atoms with Gasteiger partial charge in [-0.1, -0.05) is 6.07 Å². The van der Waals surface area contributed by atoms with Crippen molar-refractivity contribution in [1.29, 1.82) is 0 Å². The van der Waals surface area contributed by atoms with Crippen LogP contribution in [0.2, 0.25) is 0 Å². The molecule has 0 aliphatic rings. The molecule has 2 N–H and O–H groups in total. The number of ketones is 1. The fraction of sp³-hybridized carbons (Fsp3) is 0.0588. The van der Waals surface area contributed by atoms with Gasteiger partial charge in [0, 0.05) is 28.9 Å². The first-order chi connectivity index (χ1) is 11.1. The molecule has 23 heavy (non-hydrogen) atoms. The summed E-state index contributed by atoms with van der Waals surface area (Å²) < 4.78 is 18.2. The molecule has 0 aliphatic heterocycles. The Hall–Kier alpha value is -3.15. The smallest absolute Gasteiger partial charge is 0.296 e. The SMILES string of the molecule is COc1cccc(NC(=O)C(=O)c2c[nH]c3cc(F)ccc23)c1. The zero-order chi connectivity index (χ0) is 16.4. The molecule has 3 rings (SSSR count). The lowest BCUT2D eigenvalue weighted by Crippen LogP contribution is -2.22. The topological polar surface area (TPSA) is 71.2 Å². The standard InChI is InChI=1S/C17H13FN2O3/c1-23-12-4-2-3-11(8-12)20-17(22)16(21)14-9-19-15-7-10(18)5-6-13(14)15/h2-9,19H,1H3,(H,20,22). The Balaban J connectivity index is 1.85. The zero-order valence-electron chi connectivity index (χ0n) is 12.2. The van der Waals surface area contributed by atoms with Crippen LogP contribution in [-0.4, -0.2) is 23.8 Å². The summed E-state index contributed by atoms with van der Waals surface area (Å²) in [5.74, 6) is -1.33. The van der Waals surface area contributed by atoms with Crippen molar-refractivity contribution in [1.82, 2.24) is 4.98 Å². The molecular formula is C17H13FN2O3. The summed E-state index contributed by atoms with van der Waals surface area (Å²) in [7, 11) is 1.51. The van der Waals surface area contributed by atoms with Gasteiger partial charge in [0.25, 0.3) is 11.7 Å². The second kappa shape index (κ2) is 5.92. The first-order valence-electron chi connectivity index (χ1n) is 6.85. The summed E-state index contributed by atoms with van der Waals surface area (Å²) in [6.07, 6.45) is 1.40. The second-order valence-corrected chi connectivity index (χ2v) is 4.91. The number of rotatable bonds is 4. The molecule has 2 aromatic carbocycles. The van der Waals surface area contributed by atoms with Crippen LogP contribution in [0.3, 0.4) is 0 Å². The van der Waals surface area contributed by atoms with E-state index >= 15 is 0 Å². The summed E-state index contributed by atoms with van der Waals surface area (Å²) >= 11 is 0. The number of carbonyl (C=O) groups is 2. The van der Waals surface area contributed by atoms with Gasteiger partial charge >= 0.3 is 0 Å². The van der Waals surface area contributed by atoms with E-state index in [0.717, 1.165) is 0 Å². The highest BCUT2D eigenvalue weighted by Crippen LogP contribution is 2.21. The van der Waals surface area contributed by atoms with Crippen LogP contribution in [0.5, 0.6) is 5.75 Å². The van der Waals surface area contributed by atoms with E-state index in [-0.39, 0.29) is 5.56 Å². The van der Waals surface area contributed by atoms with Gasteiger partial charge in [0.05, 0.1) is 12.7 Å². The molecular weight excluding hydrogens is 299 g/mol. The number of amides is 1. The van der Waals surface area contributed by atoms with Gasteiger partial charge in [-0.2, -0.15) is 0 Å². The summed E-state index contributed by atoms with van der Waals surface area (Å²) in [4.78, 5) is 27.2. The maximum atomic E-state index is 13.2. The molecule has 0 unspecified atom stereocenters. The van der Waals surface area contributed by atoms with Crippen molar-refractivity contribution in [3.8, 4) is 5.75 Å². The minimum absolute atomic E-state index is 0.195. The first-order valence-corrected chi connectivity index (χ1v) is 6.85. The maximum Gasteiger partial charge on any atom is 0.296 e. The molecule has 0 aliphatic carbocycles. The van der Waals surface area contributed by atoms with Crippen LogP contribution in [0.15, 0.2) is 48.7 Å². The van der Waals surface area contributed by atoms with E-state index in [9.17, 15) is 14.0 Å². The van der Waals surface area contributed by atoms with Crippen LogP contribution in [-0.2, 0) is 4.79 Å². The van der Waals surface area contributed by atoms with E-state index in [1.165, 1.54) is 31.5 Å². The third kappa shape index (κ3) is 2.91. The van der Waals surface area contributed by atoms with E-state index in [4.69, 9.17) is 4.74 Å². The number of carbonyl (C=O) groups excluding carboxylic acids is 2. The molecule has 6 heteroatoms. The third-order valence-corrected chi connectivity index (χ3v) is 3.42. The summed E-state index contributed by atoms with van der Waals surface area (Å²) in [5, 5.41) is 3.02. The lowest BCUT2D eigenvalue weighted by Gasteiger charge is -2.06. The van der Waals surface area contributed by atoms with Gasteiger partial charge in [-0.15, -0.1) is 0 Å². The van der Waals surface area contributed by atoms with Gasteiger partial charge in [-0.3, -0.25) is 9.59 Å². The Morgan fingerprint density at radius 2 is 2.00 bits per heavy atom. The second-order valence-electron chi connectivity index (χ2n) is 4.91. The number of anilines is 1. The fourth-order valence-electron chi connectivity index (χ4n) is 2.30. The number of fused-ring (bicyclic) bond motifs is 1. The third-order valence-electron chi connectivity index (χ3n) is 3.42. The zero-order valence-corrected chi connectivity index (χ0v) is 12.2. The van der Waals surface area contributed by atoms with Crippen LogP contribution in [0.25, 0.3) is 10.9 Å². The first kappa shape index (κ1) is 14.8. The predicted octanol–water partition coefficient (Wildman–Crippen LogP) is 3.14. The monoisotopic (exact) mass is 312 g/mol. The largest absolute Gasteiger partial charge is 0.497 e. The number of ether oxygens (including phenoxy) is 1. The van der Waals surface area contributed by atoms with Crippen LogP contribution in [0.4, 0.5) is 10.1 Å². The molecule has 3 aromatic rings. The van der Waals surface area contributed by atoms with Crippen LogP contribution >= 0.6 is 0 Å². The number of benzene rings is 2. The highest BCUT2D eigenvalue weighted by molar-refractivity contribution is 6.48. The highest BCUT2D eigenvalue weighted by Gasteiger charge is 2.20. The average molecular weight is 312 g/mol. The molecule has 0 saturated carbocycles. The normalized spacial score (nSPS) is 10.5. The number of hydrogen-bond acceptors (Lipinski definition) is 3. The number of hydrogen-bond donors (Lipinski definition) is 2. The Bertz CT molecular complexity index is 902. The van der Waals surface area contributed by atoms with Gasteiger partial charge in [0.1, 0.15) is 11.6 Å². The minimum atomic E-state index is -0.775. The lowest BCUT2D eigenvalue weighted by atomic mass is 10.1. The van der Waals surface area contributed by atoms with Gasteiger partial charge in [0.2, 0.25) is 0 Å². The Kier molecular flexibility index (Phi) is 3.80. The number of methoxy groups -OCH3 is 1. The predicted molar refractivity (Wildman–Crippen MR) is 84.2 cm³/mol. The van der Waals surface area contributed by atoms with Crippen LogP contribution in [0, 0.1) is 5.82 Å². The summed E-state index contributed by atoms with van der Waals surface area (Å²) in [5.41, 5.74) is 1.11. The van der Waals surface area contributed by atoms with Crippen molar-refractivity contribution in [2.45, 2.75) is 0 Å². The molecule has 0 radical (unpaired) electrons. The number of aromatic amines is 1. The molecule has 5 nitrogen and oxygen atoms in total. The highest BCUT2D eigenvalue weighted by atomic mass is 19.1. The van der Waals surface area contributed by atoms with Crippen LogP contribution < -0.4 is 10.1 Å². The summed E-state index contributed by atoms with van der Waals surface area (Å²) in [6, 6.07) is 10.7. The van der Waals surface area contributed by atoms with Crippen molar-refractivity contribution in [2.24, 2.45) is 0 Å². The van der Waals surface area contributed by atoms with E-state index in [1.54, 1.807) is 24.3 Å². The van der Waals surface area contributed by atoms with Gasteiger partial charge in [-0.25, -0.2) is 4.39 Å². The van der Waals surface area contributed by atoms with Gasteiger partial charge < -0.3 is 15.0 Å². The van der Waals surface area contributed by atoms with E-state index in [1.807, 2.05) is 0 Å². The quantitative estimate of drug-likeness (QED) is 0.574. The Morgan fingerprint density at radius 1 is 1.17 bits per heavy atom. The fourth-order valence-corrected chi connectivity index (χ4v) is 2.30. The molecule has 1 heterocycles. The number of Topliss-reactive ketones (excluding diaryl/α,β-unsaturated/α-hetero) is 1. The molecule has 0 fully saturated rings. The number of nitrogens with one attached hydrogen (secondary N) is 2. The van der Waals surface area contributed by atoms with Crippen LogP contribution in [0.1, 0.15) is 10.4 Å². The van der Waals surface area contributed by atoms with Gasteiger partial charge in [0.15, 0.2) is 0 Å². The number of halogens is 1. The van der Waals surface area contributed by atoms with Crippen molar-refractivity contribution < 1.29 is 18.7 Å². The molecule has 116 valence electrons. The molecule has 0 bridgehead atoms. The van der Waals surface area contributed by atoms with Gasteiger partial charge in [-0.05, 0) is 30.3 Å². The molecule has 0 saturated heterocycles. The number of aromatic nitrogens is 1. The van der Waals surface area contributed by atoms with E-state index in [2.05, 4.69) is 10.3 Å². The van der Waals surface area contributed by atoms with Crippen molar-refractivity contribution in [3.63, 3.8) is 0 Å². The Labute approximate surface area is 131 Å². The molecule has 1 aromatic heterocycles. The summed E-state index contributed by atoms with van der Waals surface area (Å²) in [6.45, 7) is 0. The van der Waals surface area contributed by atoms with E-state index in [0.29, 0.717) is 22.3 Å². The lowest BCUT2D eigenvalue weighted by molar-refractivity contribution is -0.112. The molecule has 1 amide bonds.